The molecule has 0 radical (unpaired) electrons. The lowest BCUT2D eigenvalue weighted by Crippen LogP contribution is -2.22. The average molecular weight is 438 g/mol. The summed E-state index contributed by atoms with van der Waals surface area (Å²) in [7, 11) is 0. The van der Waals surface area contributed by atoms with Crippen LogP contribution < -0.4 is 10.9 Å². The molecule has 0 aliphatic rings. The van der Waals surface area contributed by atoms with Gasteiger partial charge in [0.1, 0.15) is 10.8 Å². The van der Waals surface area contributed by atoms with E-state index in [0.717, 1.165) is 16.3 Å². The first-order chi connectivity index (χ1) is 15.8. The van der Waals surface area contributed by atoms with Crippen LogP contribution in [-0.4, -0.2) is 19.7 Å². The van der Waals surface area contributed by atoms with Gasteiger partial charge in [-0.2, -0.15) is 0 Å². The fourth-order valence-electron chi connectivity index (χ4n) is 3.32. The van der Waals surface area contributed by atoms with Crippen molar-refractivity contribution in [3.05, 3.63) is 112 Å². The zero-order valence-electron chi connectivity index (χ0n) is 17.1. The van der Waals surface area contributed by atoms with Crippen LogP contribution in [0.3, 0.4) is 0 Å². The monoisotopic (exact) mass is 437 g/mol. The standard InChI is InChI=1S/C25H19N5OS/c31-24-20-13-7-8-14-21(20)27-22(16-15-18-9-3-1-4-10-18)30(24)25-29-28-23(32-25)17-26-19-11-5-2-6-12-19/h1-16,26H,17H2/b16-15+. The topological polar surface area (TPSA) is 72.7 Å². The number of hydrogen-bond acceptors (Lipinski definition) is 6. The predicted molar refractivity (Wildman–Crippen MR) is 130 cm³/mol. The lowest BCUT2D eigenvalue weighted by molar-refractivity contribution is 0.885. The Kier molecular flexibility index (Phi) is 5.55. The summed E-state index contributed by atoms with van der Waals surface area (Å²) in [5, 5.41) is 13.7. The van der Waals surface area contributed by atoms with Crippen molar-refractivity contribution < 1.29 is 0 Å². The van der Waals surface area contributed by atoms with Gasteiger partial charge in [0.15, 0.2) is 0 Å². The number of rotatable bonds is 6. The number of nitrogens with one attached hydrogen (secondary N) is 1. The van der Waals surface area contributed by atoms with Gasteiger partial charge in [0.05, 0.1) is 17.4 Å². The summed E-state index contributed by atoms with van der Waals surface area (Å²) in [6, 6.07) is 27.1. The smallest absolute Gasteiger partial charge is 0.268 e. The van der Waals surface area contributed by atoms with E-state index in [0.29, 0.717) is 28.4 Å². The quantitative estimate of drug-likeness (QED) is 0.404. The van der Waals surface area contributed by atoms with Crippen LogP contribution in [0, 0.1) is 0 Å². The maximum Gasteiger partial charge on any atom is 0.268 e. The summed E-state index contributed by atoms with van der Waals surface area (Å²) in [6.45, 7) is 0.520. The number of para-hydroxylation sites is 2. The minimum absolute atomic E-state index is 0.165. The summed E-state index contributed by atoms with van der Waals surface area (Å²) in [6.07, 6.45) is 3.78. The number of hydrogen-bond donors (Lipinski definition) is 1. The molecule has 5 rings (SSSR count). The second-order valence-electron chi connectivity index (χ2n) is 7.07. The Balaban J connectivity index is 1.54. The Morgan fingerprint density at radius 2 is 1.56 bits per heavy atom. The molecule has 0 unspecified atom stereocenters. The van der Waals surface area contributed by atoms with E-state index < -0.39 is 0 Å². The molecule has 2 aromatic heterocycles. The van der Waals surface area contributed by atoms with Crippen LogP contribution >= 0.6 is 11.3 Å². The predicted octanol–water partition coefficient (Wildman–Crippen LogP) is 5.02. The Bertz CT molecular complexity index is 1440. The number of benzene rings is 3. The molecule has 0 saturated carbocycles. The SMILES string of the molecule is O=c1c2ccccc2nc(/C=C/c2ccccc2)n1-c1nnc(CNc2ccccc2)s1. The molecule has 2 heterocycles. The number of anilines is 1. The molecule has 6 nitrogen and oxygen atoms in total. The largest absolute Gasteiger partial charge is 0.378 e. The lowest BCUT2D eigenvalue weighted by Gasteiger charge is -2.08. The first kappa shape index (κ1) is 19.8. The molecule has 0 bridgehead atoms. The van der Waals surface area contributed by atoms with Crippen LogP contribution in [0.5, 0.6) is 0 Å². The summed E-state index contributed by atoms with van der Waals surface area (Å²) < 4.78 is 1.53. The van der Waals surface area contributed by atoms with Crippen LogP contribution in [0.4, 0.5) is 5.69 Å². The van der Waals surface area contributed by atoms with Crippen LogP contribution in [0.1, 0.15) is 16.4 Å². The normalized spacial score (nSPS) is 11.2. The van der Waals surface area contributed by atoms with Gasteiger partial charge in [0, 0.05) is 5.69 Å². The molecular weight excluding hydrogens is 418 g/mol. The Morgan fingerprint density at radius 3 is 2.38 bits per heavy atom. The summed E-state index contributed by atoms with van der Waals surface area (Å²) in [5.74, 6) is 0.510. The minimum Gasteiger partial charge on any atom is -0.378 e. The van der Waals surface area contributed by atoms with Crippen molar-refractivity contribution in [1.82, 2.24) is 19.7 Å². The van der Waals surface area contributed by atoms with Crippen LogP contribution in [0.15, 0.2) is 89.7 Å². The molecule has 0 aliphatic heterocycles. The van der Waals surface area contributed by atoms with Crippen molar-refractivity contribution in [1.29, 1.82) is 0 Å². The molecule has 0 fully saturated rings. The molecule has 0 saturated heterocycles. The zero-order chi connectivity index (χ0) is 21.8. The van der Waals surface area contributed by atoms with Gasteiger partial charge in [-0.25, -0.2) is 9.55 Å². The molecule has 0 aliphatic carbocycles. The van der Waals surface area contributed by atoms with Crippen LogP contribution in [0.25, 0.3) is 28.2 Å². The fourth-order valence-corrected chi connectivity index (χ4v) is 4.11. The highest BCUT2D eigenvalue weighted by Gasteiger charge is 2.15. The summed E-state index contributed by atoms with van der Waals surface area (Å²) >= 11 is 1.37. The van der Waals surface area contributed by atoms with E-state index >= 15 is 0 Å². The number of nitrogens with zero attached hydrogens (tertiary/aromatic N) is 4. The summed E-state index contributed by atoms with van der Waals surface area (Å²) in [5.41, 5.74) is 2.51. The average Bonchev–Trinajstić information content (AvgIpc) is 3.31. The third-order valence-corrected chi connectivity index (χ3v) is 5.80. The lowest BCUT2D eigenvalue weighted by atomic mass is 10.2. The third kappa shape index (κ3) is 4.19. The molecule has 3 aromatic carbocycles. The third-order valence-electron chi connectivity index (χ3n) is 4.89. The molecule has 1 N–H and O–H groups in total. The molecule has 7 heteroatoms. The van der Waals surface area contributed by atoms with Gasteiger partial charge < -0.3 is 5.32 Å². The van der Waals surface area contributed by atoms with Gasteiger partial charge in [0.25, 0.3) is 5.56 Å². The second-order valence-corrected chi connectivity index (χ2v) is 8.11. The van der Waals surface area contributed by atoms with Gasteiger partial charge in [-0.3, -0.25) is 4.79 Å². The van der Waals surface area contributed by atoms with Crippen molar-refractivity contribution in [3.63, 3.8) is 0 Å². The van der Waals surface area contributed by atoms with Crippen LogP contribution in [-0.2, 0) is 6.54 Å². The van der Waals surface area contributed by atoms with Crippen molar-refractivity contribution >= 4 is 40.1 Å². The van der Waals surface area contributed by atoms with Gasteiger partial charge in [0.2, 0.25) is 5.13 Å². The zero-order valence-corrected chi connectivity index (χ0v) is 17.9. The Morgan fingerprint density at radius 1 is 0.844 bits per heavy atom. The van der Waals surface area contributed by atoms with Crippen LogP contribution in [0.2, 0.25) is 0 Å². The van der Waals surface area contributed by atoms with Gasteiger partial charge in [-0.15, -0.1) is 10.2 Å². The van der Waals surface area contributed by atoms with E-state index in [9.17, 15) is 4.79 Å². The first-order valence-corrected chi connectivity index (χ1v) is 11.0. The molecule has 0 atom stereocenters. The number of aromatic nitrogens is 4. The number of fused-ring (bicyclic) bond motifs is 1. The summed E-state index contributed by atoms with van der Waals surface area (Å²) in [4.78, 5) is 18.1. The fraction of sp³-hybridized carbons (Fsp3) is 0.0400. The van der Waals surface area contributed by atoms with Gasteiger partial charge in [-0.05, 0) is 35.9 Å². The van der Waals surface area contributed by atoms with Crippen molar-refractivity contribution in [3.8, 4) is 5.13 Å². The molecule has 5 aromatic rings. The van der Waals surface area contributed by atoms with E-state index in [1.54, 1.807) is 6.07 Å². The molecule has 0 amide bonds. The van der Waals surface area contributed by atoms with E-state index in [-0.39, 0.29) is 5.56 Å². The van der Waals surface area contributed by atoms with E-state index in [4.69, 9.17) is 4.98 Å². The minimum atomic E-state index is -0.165. The first-order valence-electron chi connectivity index (χ1n) is 10.1. The highest BCUT2D eigenvalue weighted by Crippen LogP contribution is 2.19. The maximum atomic E-state index is 13.4. The Labute approximate surface area is 188 Å². The molecule has 32 heavy (non-hydrogen) atoms. The molecular formula is C25H19N5OS. The highest BCUT2D eigenvalue weighted by molar-refractivity contribution is 7.13. The maximum absolute atomic E-state index is 13.4. The molecule has 0 spiro atoms. The van der Waals surface area contributed by atoms with E-state index in [1.165, 1.54) is 15.9 Å². The van der Waals surface area contributed by atoms with E-state index in [2.05, 4.69) is 15.5 Å². The second kappa shape index (κ2) is 8.95. The van der Waals surface area contributed by atoms with Crippen molar-refractivity contribution in [2.24, 2.45) is 0 Å². The van der Waals surface area contributed by atoms with Crippen molar-refractivity contribution in [2.45, 2.75) is 6.54 Å². The van der Waals surface area contributed by atoms with Crippen molar-refractivity contribution in [2.75, 3.05) is 5.32 Å². The van der Waals surface area contributed by atoms with E-state index in [1.807, 2.05) is 91.0 Å². The van der Waals surface area contributed by atoms with Gasteiger partial charge in [-0.1, -0.05) is 78.1 Å². The highest BCUT2D eigenvalue weighted by atomic mass is 32.1. The van der Waals surface area contributed by atoms with Gasteiger partial charge >= 0.3 is 0 Å². The Hall–Kier alpha value is -4.10. The molecule has 156 valence electrons.